The molecule has 7 nitrogen and oxygen atoms in total. The number of benzene rings is 2. The number of aryl methyl sites for hydroxylation is 2. The predicted molar refractivity (Wildman–Crippen MR) is 127 cm³/mol. The Balaban J connectivity index is 1.88. The number of halogens is 2. The Kier molecular flexibility index (Phi) is 6.27. The molecule has 0 N–H and O–H groups in total. The molecule has 0 atom stereocenters. The van der Waals surface area contributed by atoms with E-state index < -0.39 is 4.92 Å². The first-order chi connectivity index (χ1) is 15.3. The Bertz CT molecular complexity index is 1420. The van der Waals surface area contributed by atoms with Gasteiger partial charge in [0.05, 0.1) is 28.7 Å². The normalized spacial score (nSPS) is 12.1. The van der Waals surface area contributed by atoms with Crippen LogP contribution in [0.3, 0.4) is 0 Å². The minimum absolute atomic E-state index is 0.237. The lowest BCUT2D eigenvalue weighted by atomic mass is 10.1. The zero-order chi connectivity index (χ0) is 22.8. The largest absolute Gasteiger partial charge is 0.433 e. The van der Waals surface area contributed by atoms with Crippen LogP contribution in [-0.2, 0) is 0 Å². The fourth-order valence-corrected chi connectivity index (χ4v) is 4.28. The van der Waals surface area contributed by atoms with Crippen LogP contribution < -0.4 is 4.80 Å². The van der Waals surface area contributed by atoms with Gasteiger partial charge in [-0.05, 0) is 55.3 Å². The summed E-state index contributed by atoms with van der Waals surface area (Å²) in [6.07, 6.45) is 1.40. The number of aromatic nitrogens is 1. The molecule has 2 aromatic heterocycles. The topological polar surface area (TPSA) is 85.9 Å². The van der Waals surface area contributed by atoms with Gasteiger partial charge in [0.25, 0.3) is 0 Å². The average Bonchev–Trinajstić information content (AvgIpc) is 3.37. The maximum atomic E-state index is 10.9. The minimum atomic E-state index is -0.602. The van der Waals surface area contributed by atoms with E-state index in [-0.39, 0.29) is 11.6 Å². The second-order valence-electron chi connectivity index (χ2n) is 6.92. The van der Waals surface area contributed by atoms with Crippen molar-refractivity contribution in [3.05, 3.63) is 95.8 Å². The lowest BCUT2D eigenvalue weighted by Crippen LogP contribution is -2.11. The third-order valence-electron chi connectivity index (χ3n) is 4.57. The molecule has 32 heavy (non-hydrogen) atoms. The summed E-state index contributed by atoms with van der Waals surface area (Å²) in [5.41, 5.74) is 4.34. The molecule has 2 aromatic carbocycles. The van der Waals surface area contributed by atoms with Gasteiger partial charge in [0.2, 0.25) is 4.80 Å². The highest BCUT2D eigenvalue weighted by Crippen LogP contribution is 2.31. The molecule has 2 heterocycles. The zero-order valence-electron chi connectivity index (χ0n) is 17.0. The second kappa shape index (κ2) is 9.12. The van der Waals surface area contributed by atoms with E-state index in [0.29, 0.717) is 20.5 Å². The lowest BCUT2D eigenvalue weighted by Gasteiger charge is -2.06. The van der Waals surface area contributed by atoms with Gasteiger partial charge in [-0.15, -0.1) is 11.3 Å². The number of hydrogen-bond donors (Lipinski definition) is 0. The van der Waals surface area contributed by atoms with Crippen LogP contribution in [0.4, 0.5) is 11.6 Å². The molecule has 10 heteroatoms. The molecule has 0 amide bonds. The van der Waals surface area contributed by atoms with Gasteiger partial charge in [-0.1, -0.05) is 35.3 Å². The minimum Gasteiger partial charge on any atom is -0.400 e. The van der Waals surface area contributed by atoms with Gasteiger partial charge in [-0.3, -0.25) is 10.1 Å². The Morgan fingerprint density at radius 2 is 1.94 bits per heavy atom. The van der Waals surface area contributed by atoms with Gasteiger partial charge in [-0.2, -0.15) is 5.10 Å². The number of hydrogen-bond acceptors (Lipinski definition) is 6. The van der Waals surface area contributed by atoms with Gasteiger partial charge < -0.3 is 4.42 Å². The van der Waals surface area contributed by atoms with Gasteiger partial charge in [0.1, 0.15) is 4.92 Å². The molecule has 4 rings (SSSR count). The first kappa shape index (κ1) is 22.0. The number of thiazole rings is 1. The first-order valence-electron chi connectivity index (χ1n) is 9.38. The van der Waals surface area contributed by atoms with Crippen LogP contribution in [0.5, 0.6) is 0 Å². The molecule has 4 aromatic rings. The van der Waals surface area contributed by atoms with Crippen LogP contribution in [-0.4, -0.2) is 15.8 Å². The van der Waals surface area contributed by atoms with E-state index in [2.05, 4.69) is 5.10 Å². The Morgan fingerprint density at radius 1 is 1.12 bits per heavy atom. The fraction of sp³-hybridized carbons (Fsp3) is 0.0909. The van der Waals surface area contributed by atoms with Crippen LogP contribution in [0.1, 0.15) is 16.9 Å². The van der Waals surface area contributed by atoms with E-state index in [4.69, 9.17) is 32.6 Å². The molecule has 0 spiro atoms. The molecule has 162 valence electrons. The SMILES string of the molecule is Cc1ccc(C)c(N=c2scc(-c3ccc(Cl)cc3Cl)n2N=Cc2ccc([N+](=O)[O-])o2)c1. The molecular weight excluding hydrogens is 471 g/mol. The molecular formula is C22H16Cl2N4O3S. The zero-order valence-corrected chi connectivity index (χ0v) is 19.3. The molecule has 0 unspecified atom stereocenters. The monoisotopic (exact) mass is 486 g/mol. The van der Waals surface area contributed by atoms with E-state index in [1.165, 1.54) is 29.7 Å². The summed E-state index contributed by atoms with van der Waals surface area (Å²) in [6.45, 7) is 3.99. The van der Waals surface area contributed by atoms with Crippen molar-refractivity contribution in [3.8, 4) is 11.3 Å². The van der Waals surface area contributed by atoms with E-state index in [1.54, 1.807) is 22.9 Å². The van der Waals surface area contributed by atoms with E-state index >= 15 is 0 Å². The van der Waals surface area contributed by atoms with Crippen LogP contribution in [0, 0.1) is 24.0 Å². The lowest BCUT2D eigenvalue weighted by molar-refractivity contribution is -0.402. The highest BCUT2D eigenvalue weighted by molar-refractivity contribution is 7.07. The Morgan fingerprint density at radius 3 is 2.66 bits per heavy atom. The Labute approximate surface area is 197 Å². The highest BCUT2D eigenvalue weighted by atomic mass is 35.5. The Hall–Kier alpha value is -3.20. The number of nitro groups is 1. The fourth-order valence-electron chi connectivity index (χ4n) is 2.94. The van der Waals surface area contributed by atoms with E-state index in [1.807, 2.05) is 37.4 Å². The quantitative estimate of drug-likeness (QED) is 0.177. The first-order valence-corrected chi connectivity index (χ1v) is 11.0. The molecule has 0 aliphatic rings. The number of nitrogens with zero attached hydrogens (tertiary/aromatic N) is 4. The van der Waals surface area contributed by atoms with Crippen LogP contribution in [0.25, 0.3) is 11.3 Å². The van der Waals surface area contributed by atoms with E-state index in [9.17, 15) is 10.1 Å². The number of rotatable bonds is 5. The molecule has 0 bridgehead atoms. The molecule has 0 saturated heterocycles. The van der Waals surface area contributed by atoms with Crippen molar-refractivity contribution >= 4 is 52.3 Å². The van der Waals surface area contributed by atoms with Gasteiger partial charge >= 0.3 is 5.88 Å². The van der Waals surface area contributed by atoms with Crippen LogP contribution in [0.15, 0.2) is 68.4 Å². The summed E-state index contributed by atoms with van der Waals surface area (Å²) < 4.78 is 6.81. The summed E-state index contributed by atoms with van der Waals surface area (Å²) >= 11 is 13.9. The van der Waals surface area contributed by atoms with Gasteiger partial charge in [-0.25, -0.2) is 9.67 Å². The average molecular weight is 487 g/mol. The number of furan rings is 1. The van der Waals surface area contributed by atoms with Gasteiger partial charge in [0.15, 0.2) is 5.76 Å². The maximum Gasteiger partial charge on any atom is 0.433 e. The maximum absolute atomic E-state index is 10.9. The van der Waals surface area contributed by atoms with Crippen molar-refractivity contribution in [1.29, 1.82) is 0 Å². The molecule has 0 saturated carbocycles. The summed E-state index contributed by atoms with van der Waals surface area (Å²) in [7, 11) is 0. The van der Waals surface area contributed by atoms with Crippen molar-refractivity contribution in [3.63, 3.8) is 0 Å². The standard InChI is InChI=1S/C22H16Cl2N4O3S/c1-13-3-4-14(2)19(9-13)26-22-27(25-11-16-6-8-21(31-16)28(29)30)20(12-32-22)17-7-5-15(23)10-18(17)24/h3-12H,1-2H3. The van der Waals surface area contributed by atoms with Crippen molar-refractivity contribution in [2.24, 2.45) is 10.1 Å². The second-order valence-corrected chi connectivity index (χ2v) is 8.60. The van der Waals surface area contributed by atoms with E-state index in [0.717, 1.165) is 22.4 Å². The van der Waals surface area contributed by atoms with Gasteiger partial charge in [0, 0.05) is 16.0 Å². The third-order valence-corrected chi connectivity index (χ3v) is 5.93. The van der Waals surface area contributed by atoms with Crippen molar-refractivity contribution in [1.82, 2.24) is 4.68 Å². The summed E-state index contributed by atoms with van der Waals surface area (Å²) in [4.78, 5) is 15.7. The molecule has 0 radical (unpaired) electrons. The molecule has 0 aliphatic heterocycles. The van der Waals surface area contributed by atoms with Crippen molar-refractivity contribution < 1.29 is 9.34 Å². The highest BCUT2D eigenvalue weighted by Gasteiger charge is 2.14. The summed E-state index contributed by atoms with van der Waals surface area (Å²) in [5.74, 6) is -0.121. The van der Waals surface area contributed by atoms with Crippen LogP contribution >= 0.6 is 34.5 Å². The van der Waals surface area contributed by atoms with Crippen LogP contribution in [0.2, 0.25) is 10.0 Å². The smallest absolute Gasteiger partial charge is 0.400 e. The predicted octanol–water partition coefficient (Wildman–Crippen LogP) is 6.76. The van der Waals surface area contributed by atoms with Crippen molar-refractivity contribution in [2.75, 3.05) is 0 Å². The summed E-state index contributed by atoms with van der Waals surface area (Å²) in [6, 6.07) is 14.0. The summed E-state index contributed by atoms with van der Waals surface area (Å²) in [5, 5.41) is 18.3. The molecule has 0 fully saturated rings. The third kappa shape index (κ3) is 4.67. The molecule has 0 aliphatic carbocycles. The van der Waals surface area contributed by atoms with Crippen molar-refractivity contribution in [2.45, 2.75) is 13.8 Å².